The first-order chi connectivity index (χ1) is 8.62. The number of likely N-dealkylation sites (tertiary alicyclic amines) is 1. The van der Waals surface area contributed by atoms with Crippen molar-refractivity contribution in [2.75, 3.05) is 6.54 Å². The van der Waals surface area contributed by atoms with E-state index in [4.69, 9.17) is 5.11 Å². The van der Waals surface area contributed by atoms with E-state index in [-0.39, 0.29) is 11.4 Å². The number of piperidine rings is 1. The molecule has 0 unspecified atom stereocenters. The highest BCUT2D eigenvalue weighted by molar-refractivity contribution is 5.95. The highest BCUT2D eigenvalue weighted by atomic mass is 19.1. The van der Waals surface area contributed by atoms with E-state index in [1.54, 1.807) is 0 Å². The summed E-state index contributed by atoms with van der Waals surface area (Å²) < 4.78 is 13.3. The largest absolute Gasteiger partial charge is 0.505 e. The van der Waals surface area contributed by atoms with Gasteiger partial charge in [-0.2, -0.15) is 0 Å². The van der Waals surface area contributed by atoms with Gasteiger partial charge in [-0.1, -0.05) is 0 Å². The average Bonchev–Trinajstić information content (AvgIpc) is 3.13. The Bertz CT molecular complexity index is 497. The monoisotopic (exact) mass is 249 g/mol. The lowest BCUT2D eigenvalue weighted by Gasteiger charge is -2.36. The summed E-state index contributed by atoms with van der Waals surface area (Å²) in [4.78, 5) is 14.3. The molecule has 1 aromatic carbocycles. The molecule has 0 aromatic heterocycles. The van der Waals surface area contributed by atoms with Crippen molar-refractivity contribution in [2.24, 2.45) is 0 Å². The van der Waals surface area contributed by atoms with E-state index in [0.29, 0.717) is 5.56 Å². The lowest BCUT2D eigenvalue weighted by molar-refractivity contribution is 0.0573. The molecule has 1 aliphatic carbocycles. The Labute approximate surface area is 105 Å². The molecule has 1 spiro atoms. The third kappa shape index (κ3) is 1.76. The molecule has 1 aliphatic heterocycles. The highest BCUT2D eigenvalue weighted by Gasteiger charge is 2.50. The summed E-state index contributed by atoms with van der Waals surface area (Å²) >= 11 is 0. The Morgan fingerprint density at radius 3 is 2.72 bits per heavy atom. The first kappa shape index (κ1) is 11.5. The number of phenolic OH excluding ortho intramolecular Hbond substituents is 1. The fourth-order valence-corrected chi connectivity index (χ4v) is 2.87. The van der Waals surface area contributed by atoms with Gasteiger partial charge in [0.15, 0.2) is 11.6 Å². The van der Waals surface area contributed by atoms with Gasteiger partial charge in [-0.05, 0) is 50.3 Å². The van der Waals surface area contributed by atoms with Gasteiger partial charge >= 0.3 is 0 Å². The Balaban J connectivity index is 1.87. The Morgan fingerprint density at radius 2 is 2.06 bits per heavy atom. The van der Waals surface area contributed by atoms with E-state index in [9.17, 15) is 9.18 Å². The molecule has 0 radical (unpaired) electrons. The van der Waals surface area contributed by atoms with Gasteiger partial charge in [0, 0.05) is 17.6 Å². The molecule has 2 fully saturated rings. The van der Waals surface area contributed by atoms with Gasteiger partial charge < -0.3 is 10.0 Å². The number of hydrogen-bond donors (Lipinski definition) is 1. The number of halogens is 1. The molecule has 4 heteroatoms. The second kappa shape index (κ2) is 3.97. The second-order valence-electron chi connectivity index (χ2n) is 5.30. The zero-order valence-electron chi connectivity index (χ0n) is 10.2. The summed E-state index contributed by atoms with van der Waals surface area (Å²) in [6.07, 6.45) is 5.40. The van der Waals surface area contributed by atoms with Crippen LogP contribution in [-0.4, -0.2) is 28.0 Å². The third-order valence-electron chi connectivity index (χ3n) is 4.11. The van der Waals surface area contributed by atoms with Gasteiger partial charge in [0.25, 0.3) is 5.91 Å². The number of benzene rings is 1. The second-order valence-corrected chi connectivity index (χ2v) is 5.30. The van der Waals surface area contributed by atoms with E-state index in [2.05, 4.69) is 0 Å². The molecule has 18 heavy (non-hydrogen) atoms. The zero-order valence-corrected chi connectivity index (χ0v) is 10.2. The first-order valence-electron chi connectivity index (χ1n) is 6.43. The third-order valence-corrected chi connectivity index (χ3v) is 4.11. The lowest BCUT2D eigenvalue weighted by atomic mass is 9.98. The minimum atomic E-state index is -0.734. The highest BCUT2D eigenvalue weighted by Crippen LogP contribution is 2.48. The van der Waals surface area contributed by atoms with Crippen LogP contribution in [0.2, 0.25) is 0 Å². The Kier molecular flexibility index (Phi) is 2.54. The fourth-order valence-electron chi connectivity index (χ4n) is 2.87. The van der Waals surface area contributed by atoms with Crippen LogP contribution in [0.15, 0.2) is 18.2 Å². The number of hydrogen-bond acceptors (Lipinski definition) is 2. The van der Waals surface area contributed by atoms with Gasteiger partial charge in [-0.3, -0.25) is 4.79 Å². The summed E-state index contributed by atoms with van der Waals surface area (Å²) in [6.45, 7) is 0.765. The summed E-state index contributed by atoms with van der Waals surface area (Å²) in [5.41, 5.74) is 0.391. The molecule has 3 rings (SSSR count). The van der Waals surface area contributed by atoms with Gasteiger partial charge in [-0.15, -0.1) is 0 Å². The van der Waals surface area contributed by atoms with Crippen LogP contribution in [0.1, 0.15) is 42.5 Å². The molecular formula is C14H16FNO2. The normalized spacial score (nSPS) is 21.1. The topological polar surface area (TPSA) is 40.5 Å². The van der Waals surface area contributed by atoms with Gasteiger partial charge in [-0.25, -0.2) is 4.39 Å². The minimum Gasteiger partial charge on any atom is -0.505 e. The number of carbonyl (C=O) groups excluding carboxylic acids is 1. The molecule has 0 atom stereocenters. The number of rotatable bonds is 1. The average molecular weight is 249 g/mol. The van der Waals surface area contributed by atoms with Crippen LogP contribution in [0, 0.1) is 5.82 Å². The first-order valence-corrected chi connectivity index (χ1v) is 6.43. The maximum Gasteiger partial charge on any atom is 0.254 e. The van der Waals surface area contributed by atoms with Crippen LogP contribution in [-0.2, 0) is 0 Å². The van der Waals surface area contributed by atoms with E-state index >= 15 is 0 Å². The summed E-state index contributed by atoms with van der Waals surface area (Å²) in [5.74, 6) is -1.25. The molecule has 1 saturated heterocycles. The predicted molar refractivity (Wildman–Crippen MR) is 64.9 cm³/mol. The summed E-state index contributed by atoms with van der Waals surface area (Å²) in [6, 6.07) is 3.86. The molecule has 1 amide bonds. The molecular weight excluding hydrogens is 233 g/mol. The maximum absolute atomic E-state index is 13.3. The van der Waals surface area contributed by atoms with Crippen LogP contribution < -0.4 is 0 Å². The van der Waals surface area contributed by atoms with Crippen molar-refractivity contribution in [2.45, 2.75) is 37.6 Å². The van der Waals surface area contributed by atoms with Crippen LogP contribution in [0.25, 0.3) is 0 Å². The molecule has 1 saturated carbocycles. The van der Waals surface area contributed by atoms with Crippen LogP contribution in [0.3, 0.4) is 0 Å². The number of aromatic hydroxyl groups is 1. The molecule has 1 aromatic rings. The van der Waals surface area contributed by atoms with Gasteiger partial charge in [0.2, 0.25) is 0 Å². The van der Waals surface area contributed by atoms with Crippen LogP contribution >= 0.6 is 0 Å². The number of nitrogens with zero attached hydrogens (tertiary/aromatic N) is 1. The Hall–Kier alpha value is -1.58. The number of amides is 1. The minimum absolute atomic E-state index is 0.0592. The predicted octanol–water partition coefficient (Wildman–Crippen LogP) is 2.69. The van der Waals surface area contributed by atoms with Gasteiger partial charge in [0.1, 0.15) is 0 Å². The van der Waals surface area contributed by atoms with Crippen molar-refractivity contribution >= 4 is 5.91 Å². The van der Waals surface area contributed by atoms with Gasteiger partial charge in [0.05, 0.1) is 0 Å². The summed E-state index contributed by atoms with van der Waals surface area (Å²) in [5, 5.41) is 9.15. The standard InChI is InChI=1S/C14H16FNO2/c15-11-9-10(3-4-12(11)17)13(18)16-8-2-1-5-14(16)6-7-14/h3-4,9,17H,1-2,5-8H2. The smallest absolute Gasteiger partial charge is 0.254 e. The SMILES string of the molecule is O=C(c1ccc(O)c(F)c1)N1CCCCC12CC2. The van der Waals surface area contributed by atoms with Crippen molar-refractivity contribution in [1.82, 2.24) is 4.90 Å². The molecule has 96 valence electrons. The van der Waals surface area contributed by atoms with Crippen molar-refractivity contribution in [3.8, 4) is 5.75 Å². The number of phenols is 1. The van der Waals surface area contributed by atoms with E-state index in [1.807, 2.05) is 4.90 Å². The van der Waals surface area contributed by atoms with E-state index in [1.165, 1.54) is 18.6 Å². The molecule has 0 bridgehead atoms. The van der Waals surface area contributed by atoms with Crippen molar-refractivity contribution in [1.29, 1.82) is 0 Å². The van der Waals surface area contributed by atoms with E-state index in [0.717, 1.165) is 38.3 Å². The van der Waals surface area contributed by atoms with Crippen molar-refractivity contribution < 1.29 is 14.3 Å². The molecule has 1 N–H and O–H groups in total. The Morgan fingerprint density at radius 1 is 1.28 bits per heavy atom. The molecule has 2 aliphatic rings. The van der Waals surface area contributed by atoms with Crippen LogP contribution in [0.4, 0.5) is 4.39 Å². The maximum atomic E-state index is 13.3. The van der Waals surface area contributed by atoms with Crippen LogP contribution in [0.5, 0.6) is 5.75 Å². The molecule has 3 nitrogen and oxygen atoms in total. The molecule has 1 heterocycles. The number of carbonyl (C=O) groups is 1. The van der Waals surface area contributed by atoms with E-state index < -0.39 is 11.6 Å². The zero-order chi connectivity index (χ0) is 12.8. The van der Waals surface area contributed by atoms with Crippen molar-refractivity contribution in [3.63, 3.8) is 0 Å². The quantitative estimate of drug-likeness (QED) is 0.831. The fraction of sp³-hybridized carbons (Fsp3) is 0.500. The lowest BCUT2D eigenvalue weighted by Crippen LogP contribution is -2.45. The summed E-state index contributed by atoms with van der Waals surface area (Å²) in [7, 11) is 0. The van der Waals surface area contributed by atoms with Crippen molar-refractivity contribution in [3.05, 3.63) is 29.6 Å².